The fraction of sp³-hybridized carbons (Fsp3) is 0.500. The zero-order chi connectivity index (χ0) is 11.1. The largest absolute Gasteiger partial charge is 0.496 e. The normalized spacial score (nSPS) is 10.3. The summed E-state index contributed by atoms with van der Waals surface area (Å²) >= 11 is 0. The van der Waals surface area contributed by atoms with Gasteiger partial charge < -0.3 is 15.2 Å². The maximum atomic E-state index is 5.47. The average Bonchev–Trinajstić information content (AvgIpc) is 2.25. The van der Waals surface area contributed by atoms with Gasteiger partial charge in [-0.15, -0.1) is 0 Å². The molecule has 3 nitrogen and oxygen atoms in total. The molecule has 0 saturated carbocycles. The molecule has 0 aliphatic rings. The van der Waals surface area contributed by atoms with E-state index in [1.54, 1.807) is 7.11 Å². The molecule has 0 spiro atoms. The van der Waals surface area contributed by atoms with Crippen LogP contribution in [0.1, 0.15) is 17.5 Å². The van der Waals surface area contributed by atoms with Crippen LogP contribution in [0.25, 0.3) is 0 Å². The lowest BCUT2D eigenvalue weighted by atomic mass is 10.1. The molecule has 0 aliphatic heterocycles. The molecular formula is C12H19NO2. The second kappa shape index (κ2) is 6.43. The molecule has 0 atom stereocenters. The minimum atomic E-state index is 0.644. The van der Waals surface area contributed by atoms with Gasteiger partial charge in [0.15, 0.2) is 0 Å². The maximum absolute atomic E-state index is 5.47. The Kier molecular flexibility index (Phi) is 5.15. The second-order valence-electron chi connectivity index (χ2n) is 3.50. The quantitative estimate of drug-likeness (QED) is 0.727. The van der Waals surface area contributed by atoms with Crippen LogP contribution in [0.15, 0.2) is 18.2 Å². The van der Waals surface area contributed by atoms with Gasteiger partial charge in [0.2, 0.25) is 0 Å². The number of benzene rings is 1. The third-order valence-electron chi connectivity index (χ3n) is 2.22. The first-order valence-electron chi connectivity index (χ1n) is 5.19. The van der Waals surface area contributed by atoms with Crippen molar-refractivity contribution >= 4 is 0 Å². The molecule has 15 heavy (non-hydrogen) atoms. The summed E-state index contributed by atoms with van der Waals surface area (Å²) in [6.45, 7) is 4.08. The van der Waals surface area contributed by atoms with Crippen LogP contribution in [0.5, 0.6) is 5.75 Å². The number of nitrogens with two attached hydrogens (primary N) is 1. The van der Waals surface area contributed by atoms with E-state index in [-0.39, 0.29) is 0 Å². The van der Waals surface area contributed by atoms with Gasteiger partial charge in [-0.3, -0.25) is 0 Å². The lowest BCUT2D eigenvalue weighted by molar-refractivity contribution is 0.120. The van der Waals surface area contributed by atoms with E-state index in [2.05, 4.69) is 6.07 Å². The van der Waals surface area contributed by atoms with Crippen LogP contribution < -0.4 is 10.5 Å². The zero-order valence-electron chi connectivity index (χ0n) is 9.45. The van der Waals surface area contributed by atoms with Gasteiger partial charge in [-0.2, -0.15) is 0 Å². The van der Waals surface area contributed by atoms with E-state index >= 15 is 0 Å². The number of rotatable bonds is 6. The summed E-state index contributed by atoms with van der Waals surface area (Å²) in [5, 5.41) is 0. The molecule has 1 aromatic carbocycles. The highest BCUT2D eigenvalue weighted by molar-refractivity contribution is 5.35. The average molecular weight is 209 g/mol. The fourth-order valence-corrected chi connectivity index (χ4v) is 1.41. The molecule has 0 amide bonds. The predicted molar refractivity (Wildman–Crippen MR) is 61.1 cm³/mol. The molecule has 84 valence electrons. The van der Waals surface area contributed by atoms with Crippen molar-refractivity contribution in [3.63, 3.8) is 0 Å². The summed E-state index contributed by atoms with van der Waals surface area (Å²) in [6.07, 6.45) is 0.912. The van der Waals surface area contributed by atoms with Gasteiger partial charge >= 0.3 is 0 Å². The summed E-state index contributed by atoms with van der Waals surface area (Å²) in [6, 6.07) is 6.08. The number of hydrogen-bond acceptors (Lipinski definition) is 3. The molecule has 0 heterocycles. The van der Waals surface area contributed by atoms with Gasteiger partial charge in [0.1, 0.15) is 5.75 Å². The summed E-state index contributed by atoms with van der Waals surface area (Å²) in [7, 11) is 1.68. The minimum absolute atomic E-state index is 0.644. The summed E-state index contributed by atoms with van der Waals surface area (Å²) in [4.78, 5) is 0. The highest BCUT2D eigenvalue weighted by Gasteiger charge is 1.99. The summed E-state index contributed by atoms with van der Waals surface area (Å²) in [5.41, 5.74) is 7.68. The van der Waals surface area contributed by atoms with Gasteiger partial charge in [-0.1, -0.05) is 12.1 Å². The zero-order valence-corrected chi connectivity index (χ0v) is 9.45. The Hall–Kier alpha value is -1.06. The Morgan fingerprint density at radius 2 is 2.13 bits per heavy atom. The van der Waals surface area contributed by atoms with E-state index in [0.717, 1.165) is 24.3 Å². The first-order valence-corrected chi connectivity index (χ1v) is 5.19. The maximum Gasteiger partial charge on any atom is 0.121 e. The smallest absolute Gasteiger partial charge is 0.121 e. The fourth-order valence-electron chi connectivity index (χ4n) is 1.41. The monoisotopic (exact) mass is 209 g/mol. The van der Waals surface area contributed by atoms with E-state index in [4.69, 9.17) is 15.2 Å². The standard InChI is InChI=1S/C12H19NO2/c1-10-8-11(4-5-12(10)14-2)9-15-7-3-6-13/h4-5,8H,3,6-7,9,13H2,1-2H3. The Balaban J connectivity index is 2.45. The van der Waals surface area contributed by atoms with Crippen LogP contribution in [0, 0.1) is 6.92 Å². The van der Waals surface area contributed by atoms with Crippen molar-refractivity contribution in [2.45, 2.75) is 20.0 Å². The first kappa shape index (κ1) is 12.0. The molecule has 1 rings (SSSR count). The van der Waals surface area contributed by atoms with E-state index in [1.165, 1.54) is 5.56 Å². The number of aryl methyl sites for hydroxylation is 1. The predicted octanol–water partition coefficient (Wildman–Crippen LogP) is 1.87. The van der Waals surface area contributed by atoms with Crippen LogP contribution in [0.3, 0.4) is 0 Å². The van der Waals surface area contributed by atoms with Crippen LogP contribution in [-0.4, -0.2) is 20.3 Å². The van der Waals surface area contributed by atoms with Gasteiger partial charge in [-0.25, -0.2) is 0 Å². The van der Waals surface area contributed by atoms with Gasteiger partial charge in [0.05, 0.1) is 13.7 Å². The van der Waals surface area contributed by atoms with Crippen molar-refractivity contribution in [1.29, 1.82) is 0 Å². The number of methoxy groups -OCH3 is 1. The van der Waals surface area contributed by atoms with Gasteiger partial charge in [0, 0.05) is 6.61 Å². The number of ether oxygens (including phenoxy) is 2. The molecule has 0 aliphatic carbocycles. The molecule has 2 N–H and O–H groups in total. The molecule has 0 unspecified atom stereocenters. The summed E-state index contributed by atoms with van der Waals surface area (Å²) < 4.78 is 10.7. The highest BCUT2D eigenvalue weighted by Crippen LogP contribution is 2.18. The second-order valence-corrected chi connectivity index (χ2v) is 3.50. The Morgan fingerprint density at radius 3 is 2.73 bits per heavy atom. The van der Waals surface area contributed by atoms with Crippen LogP contribution in [0.4, 0.5) is 0 Å². The van der Waals surface area contributed by atoms with Crippen LogP contribution in [0.2, 0.25) is 0 Å². The molecule has 0 bridgehead atoms. The number of hydrogen-bond donors (Lipinski definition) is 1. The minimum Gasteiger partial charge on any atom is -0.496 e. The SMILES string of the molecule is COc1ccc(COCCCN)cc1C. The molecule has 0 saturated heterocycles. The van der Waals surface area contributed by atoms with Crippen molar-refractivity contribution in [3.05, 3.63) is 29.3 Å². The third-order valence-corrected chi connectivity index (χ3v) is 2.22. The van der Waals surface area contributed by atoms with Gasteiger partial charge in [0.25, 0.3) is 0 Å². The molecule has 0 radical (unpaired) electrons. The molecule has 1 aromatic rings. The van der Waals surface area contributed by atoms with Gasteiger partial charge in [-0.05, 0) is 37.1 Å². The third kappa shape index (κ3) is 3.90. The Morgan fingerprint density at radius 1 is 1.33 bits per heavy atom. The topological polar surface area (TPSA) is 44.5 Å². The molecule has 0 aromatic heterocycles. The molecule has 3 heteroatoms. The van der Waals surface area contributed by atoms with Crippen molar-refractivity contribution in [1.82, 2.24) is 0 Å². The van der Waals surface area contributed by atoms with Crippen molar-refractivity contribution < 1.29 is 9.47 Å². The Bertz CT molecular complexity index is 300. The lowest BCUT2D eigenvalue weighted by Crippen LogP contribution is -2.04. The van der Waals surface area contributed by atoms with E-state index in [9.17, 15) is 0 Å². The molecule has 0 fully saturated rings. The highest BCUT2D eigenvalue weighted by atomic mass is 16.5. The van der Waals surface area contributed by atoms with E-state index in [1.807, 2.05) is 19.1 Å². The van der Waals surface area contributed by atoms with Crippen LogP contribution in [-0.2, 0) is 11.3 Å². The molecular weight excluding hydrogens is 190 g/mol. The van der Waals surface area contributed by atoms with Crippen molar-refractivity contribution in [3.8, 4) is 5.75 Å². The Labute approximate surface area is 91.2 Å². The van der Waals surface area contributed by atoms with Crippen LogP contribution >= 0.6 is 0 Å². The van der Waals surface area contributed by atoms with E-state index < -0.39 is 0 Å². The van der Waals surface area contributed by atoms with E-state index in [0.29, 0.717) is 13.2 Å². The summed E-state index contributed by atoms with van der Waals surface area (Å²) in [5.74, 6) is 0.917. The lowest BCUT2D eigenvalue weighted by Gasteiger charge is -2.07. The first-order chi connectivity index (χ1) is 7.27. The van der Waals surface area contributed by atoms with Crippen molar-refractivity contribution in [2.75, 3.05) is 20.3 Å². The van der Waals surface area contributed by atoms with Crippen molar-refractivity contribution in [2.24, 2.45) is 5.73 Å².